The Morgan fingerprint density at radius 2 is 2.24 bits per heavy atom. The lowest BCUT2D eigenvalue weighted by Crippen LogP contribution is -2.35. The number of anilines is 1. The van der Waals surface area contributed by atoms with E-state index in [9.17, 15) is 4.79 Å². The first-order valence-corrected chi connectivity index (χ1v) is 8.02. The highest BCUT2D eigenvalue weighted by molar-refractivity contribution is 7.21. The fourth-order valence-electron chi connectivity index (χ4n) is 2.59. The average Bonchev–Trinajstić information content (AvgIpc) is 3.25. The molecule has 2 aromatic rings. The van der Waals surface area contributed by atoms with Crippen molar-refractivity contribution in [2.24, 2.45) is 0 Å². The Hall–Kier alpha value is -1.59. The van der Waals surface area contributed by atoms with Gasteiger partial charge in [-0.3, -0.25) is 4.79 Å². The van der Waals surface area contributed by atoms with Crippen LogP contribution < -0.4 is 5.73 Å². The molecule has 0 unspecified atom stereocenters. The number of methoxy groups -OCH3 is 1. The van der Waals surface area contributed by atoms with Crippen LogP contribution in [-0.4, -0.2) is 37.1 Å². The quantitative estimate of drug-likeness (QED) is 0.923. The average molecular weight is 304 g/mol. The van der Waals surface area contributed by atoms with Crippen molar-refractivity contribution in [2.75, 3.05) is 26.0 Å². The van der Waals surface area contributed by atoms with Gasteiger partial charge in [0.2, 0.25) is 0 Å². The fourth-order valence-corrected chi connectivity index (χ4v) is 3.74. The number of hydrogen-bond acceptors (Lipinski definition) is 4. The Bertz CT molecular complexity index is 676. The SMILES string of the molecule is COCCN(C(=O)c1sc2c(C)cccc2c1N)C1CC1. The summed E-state index contributed by atoms with van der Waals surface area (Å²) in [5.74, 6) is 0.0488. The number of carbonyl (C=O) groups is 1. The minimum atomic E-state index is 0.0488. The van der Waals surface area contributed by atoms with Crippen LogP contribution in [0.2, 0.25) is 0 Å². The zero-order chi connectivity index (χ0) is 15.0. The molecule has 1 fully saturated rings. The molecule has 0 bridgehead atoms. The molecule has 5 heteroatoms. The molecule has 1 aliphatic carbocycles. The Morgan fingerprint density at radius 3 is 2.86 bits per heavy atom. The summed E-state index contributed by atoms with van der Waals surface area (Å²) in [6, 6.07) is 6.38. The minimum Gasteiger partial charge on any atom is -0.397 e. The molecule has 3 rings (SSSR count). The molecule has 0 atom stereocenters. The highest BCUT2D eigenvalue weighted by Gasteiger charge is 2.34. The first-order valence-electron chi connectivity index (χ1n) is 7.21. The zero-order valence-electron chi connectivity index (χ0n) is 12.4. The topological polar surface area (TPSA) is 55.6 Å². The summed E-state index contributed by atoms with van der Waals surface area (Å²) in [5.41, 5.74) is 8.01. The van der Waals surface area contributed by atoms with E-state index in [1.54, 1.807) is 7.11 Å². The molecule has 21 heavy (non-hydrogen) atoms. The van der Waals surface area contributed by atoms with Crippen molar-refractivity contribution in [1.29, 1.82) is 0 Å². The van der Waals surface area contributed by atoms with Gasteiger partial charge in [0.05, 0.1) is 12.3 Å². The van der Waals surface area contributed by atoms with Crippen LogP contribution in [0.15, 0.2) is 18.2 Å². The van der Waals surface area contributed by atoms with E-state index in [0.29, 0.717) is 29.8 Å². The second kappa shape index (κ2) is 5.66. The lowest BCUT2D eigenvalue weighted by molar-refractivity contribution is 0.0686. The molecular formula is C16H20N2O2S. The number of fused-ring (bicyclic) bond motifs is 1. The molecule has 1 aromatic heterocycles. The molecule has 1 heterocycles. The standard InChI is InChI=1S/C16H20N2O2S/c1-10-4-3-5-12-13(17)15(21-14(10)12)16(19)18(8-9-20-2)11-6-7-11/h3-5,11H,6-9,17H2,1-2H3. The first-order chi connectivity index (χ1) is 10.1. The van der Waals surface area contributed by atoms with Crippen LogP contribution in [0.4, 0.5) is 5.69 Å². The largest absolute Gasteiger partial charge is 0.397 e. The summed E-state index contributed by atoms with van der Waals surface area (Å²) in [7, 11) is 1.66. The van der Waals surface area contributed by atoms with Crippen molar-refractivity contribution in [3.05, 3.63) is 28.6 Å². The summed E-state index contributed by atoms with van der Waals surface area (Å²) in [6.07, 6.45) is 2.17. The number of hydrogen-bond donors (Lipinski definition) is 1. The molecule has 0 aliphatic heterocycles. The van der Waals surface area contributed by atoms with E-state index in [1.807, 2.05) is 17.0 Å². The number of nitrogens with zero attached hydrogens (tertiary/aromatic N) is 1. The number of nitrogens with two attached hydrogens (primary N) is 1. The van der Waals surface area contributed by atoms with Gasteiger partial charge >= 0.3 is 0 Å². The molecule has 1 aromatic carbocycles. The van der Waals surface area contributed by atoms with E-state index in [-0.39, 0.29) is 5.91 Å². The van der Waals surface area contributed by atoms with Crippen LogP contribution in [0.3, 0.4) is 0 Å². The normalized spacial score (nSPS) is 14.6. The summed E-state index contributed by atoms with van der Waals surface area (Å²) in [5, 5.41) is 0.992. The van der Waals surface area contributed by atoms with Gasteiger partial charge in [-0.05, 0) is 25.3 Å². The van der Waals surface area contributed by atoms with Crippen LogP contribution in [0.25, 0.3) is 10.1 Å². The fraction of sp³-hybridized carbons (Fsp3) is 0.438. The number of nitrogen functional groups attached to an aromatic ring is 1. The maximum absolute atomic E-state index is 12.8. The minimum absolute atomic E-state index is 0.0488. The van der Waals surface area contributed by atoms with Crippen molar-refractivity contribution in [3.63, 3.8) is 0 Å². The molecule has 1 aliphatic rings. The van der Waals surface area contributed by atoms with Crippen molar-refractivity contribution in [3.8, 4) is 0 Å². The lowest BCUT2D eigenvalue weighted by Gasteiger charge is -2.21. The summed E-state index contributed by atoms with van der Waals surface area (Å²) in [4.78, 5) is 15.4. The van der Waals surface area contributed by atoms with Crippen LogP contribution in [-0.2, 0) is 4.74 Å². The molecule has 0 spiro atoms. The van der Waals surface area contributed by atoms with Crippen LogP contribution in [0.5, 0.6) is 0 Å². The third kappa shape index (κ3) is 2.63. The van der Waals surface area contributed by atoms with Crippen molar-refractivity contribution < 1.29 is 9.53 Å². The highest BCUT2D eigenvalue weighted by atomic mass is 32.1. The van der Waals surface area contributed by atoms with Crippen molar-refractivity contribution in [1.82, 2.24) is 4.90 Å². The predicted octanol–water partition coefficient (Wildman–Crippen LogP) is 3.04. The van der Waals surface area contributed by atoms with E-state index >= 15 is 0 Å². The number of benzene rings is 1. The molecule has 0 saturated heterocycles. The molecule has 0 radical (unpaired) electrons. The Balaban J connectivity index is 1.96. The maximum atomic E-state index is 12.8. The Morgan fingerprint density at radius 1 is 1.48 bits per heavy atom. The Labute approximate surface area is 128 Å². The number of rotatable bonds is 5. The smallest absolute Gasteiger partial charge is 0.266 e. The molecule has 1 amide bonds. The van der Waals surface area contributed by atoms with Gasteiger partial charge in [0.25, 0.3) is 5.91 Å². The van der Waals surface area contributed by atoms with Gasteiger partial charge in [-0.1, -0.05) is 18.2 Å². The van der Waals surface area contributed by atoms with Crippen LogP contribution in [0, 0.1) is 6.92 Å². The van der Waals surface area contributed by atoms with Crippen molar-refractivity contribution in [2.45, 2.75) is 25.8 Å². The molecule has 2 N–H and O–H groups in total. The lowest BCUT2D eigenvalue weighted by atomic mass is 10.1. The summed E-state index contributed by atoms with van der Waals surface area (Å²) < 4.78 is 6.23. The third-order valence-electron chi connectivity index (χ3n) is 3.93. The van der Waals surface area contributed by atoms with E-state index in [1.165, 1.54) is 11.3 Å². The number of amides is 1. The number of thiophene rings is 1. The van der Waals surface area contributed by atoms with Gasteiger partial charge in [0, 0.05) is 29.8 Å². The van der Waals surface area contributed by atoms with Gasteiger partial charge in [-0.2, -0.15) is 0 Å². The molecule has 112 valence electrons. The third-order valence-corrected chi connectivity index (χ3v) is 5.27. The van der Waals surface area contributed by atoms with Crippen LogP contribution in [0.1, 0.15) is 28.1 Å². The van der Waals surface area contributed by atoms with Gasteiger partial charge in [0.1, 0.15) is 4.88 Å². The molecule has 1 saturated carbocycles. The summed E-state index contributed by atoms with van der Waals surface area (Å²) >= 11 is 1.51. The number of aryl methyl sites for hydroxylation is 1. The van der Waals surface area contributed by atoms with Crippen molar-refractivity contribution >= 4 is 33.0 Å². The number of carbonyl (C=O) groups excluding carboxylic acids is 1. The zero-order valence-corrected chi connectivity index (χ0v) is 13.2. The highest BCUT2D eigenvalue weighted by Crippen LogP contribution is 2.38. The monoisotopic (exact) mass is 304 g/mol. The van der Waals surface area contributed by atoms with E-state index in [2.05, 4.69) is 13.0 Å². The van der Waals surface area contributed by atoms with Gasteiger partial charge in [-0.25, -0.2) is 0 Å². The summed E-state index contributed by atoms with van der Waals surface area (Å²) in [6.45, 7) is 3.24. The van der Waals surface area contributed by atoms with Gasteiger partial charge < -0.3 is 15.4 Å². The first kappa shape index (κ1) is 14.4. The molecule has 4 nitrogen and oxygen atoms in total. The van der Waals surface area contributed by atoms with Gasteiger partial charge in [0.15, 0.2) is 0 Å². The van der Waals surface area contributed by atoms with E-state index < -0.39 is 0 Å². The predicted molar refractivity (Wildman–Crippen MR) is 86.9 cm³/mol. The van der Waals surface area contributed by atoms with E-state index in [0.717, 1.165) is 28.5 Å². The van der Waals surface area contributed by atoms with E-state index in [4.69, 9.17) is 10.5 Å². The maximum Gasteiger partial charge on any atom is 0.266 e. The second-order valence-electron chi connectivity index (χ2n) is 5.52. The Kier molecular flexibility index (Phi) is 3.87. The number of ether oxygens (including phenoxy) is 1. The second-order valence-corrected chi connectivity index (χ2v) is 6.54. The molecular weight excluding hydrogens is 284 g/mol. The van der Waals surface area contributed by atoms with Gasteiger partial charge in [-0.15, -0.1) is 11.3 Å². The van der Waals surface area contributed by atoms with Crippen LogP contribution >= 0.6 is 11.3 Å².